The second-order valence-corrected chi connectivity index (χ2v) is 5.38. The van der Waals surface area contributed by atoms with Gasteiger partial charge < -0.3 is 0 Å². The first kappa shape index (κ1) is 10.3. The second kappa shape index (κ2) is 3.95. The fraction of sp³-hybridized carbons (Fsp3) is 1.00. The Labute approximate surface area is 77.5 Å². The molecular formula is C6H14N2O2S2. The van der Waals surface area contributed by atoms with Gasteiger partial charge in [-0.1, -0.05) is 6.42 Å². The van der Waals surface area contributed by atoms with Gasteiger partial charge in [-0.15, -0.1) is 0 Å². The van der Waals surface area contributed by atoms with Crippen molar-refractivity contribution in [2.24, 2.45) is 5.14 Å². The molecule has 4 nitrogen and oxygen atoms in total. The summed E-state index contributed by atoms with van der Waals surface area (Å²) in [5.74, 6) is 0. The van der Waals surface area contributed by atoms with Crippen LogP contribution in [0.25, 0.3) is 0 Å². The van der Waals surface area contributed by atoms with Crippen LogP contribution in [0, 0.1) is 0 Å². The van der Waals surface area contributed by atoms with E-state index in [1.165, 1.54) is 0 Å². The summed E-state index contributed by atoms with van der Waals surface area (Å²) in [7, 11) is -3.51. The Balaban J connectivity index is 2.52. The van der Waals surface area contributed by atoms with E-state index in [4.69, 9.17) is 5.14 Å². The largest absolute Gasteiger partial charge is 0.274 e. The van der Waals surface area contributed by atoms with Gasteiger partial charge in [0.2, 0.25) is 0 Å². The van der Waals surface area contributed by atoms with Crippen LogP contribution in [0.1, 0.15) is 19.3 Å². The SMILES string of the molecule is CSC1CCCC1NS(N)(=O)=O. The first-order valence-corrected chi connectivity index (χ1v) is 6.69. The Kier molecular flexibility index (Phi) is 3.39. The molecule has 0 bridgehead atoms. The molecule has 12 heavy (non-hydrogen) atoms. The van der Waals surface area contributed by atoms with Gasteiger partial charge in [-0.25, -0.2) is 5.14 Å². The van der Waals surface area contributed by atoms with E-state index in [1.807, 2.05) is 6.26 Å². The van der Waals surface area contributed by atoms with Gasteiger partial charge in [-0.3, -0.25) is 0 Å². The molecule has 0 amide bonds. The molecule has 0 aromatic heterocycles. The standard InChI is InChI=1S/C6H14N2O2S2/c1-11-6-4-2-3-5(6)8-12(7,9)10/h5-6,8H,2-4H2,1H3,(H2,7,9,10). The second-order valence-electron chi connectivity index (χ2n) is 2.97. The summed E-state index contributed by atoms with van der Waals surface area (Å²) in [5, 5.41) is 5.28. The number of nitrogens with two attached hydrogens (primary N) is 1. The normalized spacial score (nSPS) is 30.8. The highest BCUT2D eigenvalue weighted by Gasteiger charge is 2.28. The van der Waals surface area contributed by atoms with Gasteiger partial charge in [0.05, 0.1) is 0 Å². The maximum absolute atomic E-state index is 10.7. The van der Waals surface area contributed by atoms with Gasteiger partial charge in [-0.05, 0) is 19.1 Å². The van der Waals surface area contributed by atoms with Crippen molar-refractivity contribution in [3.05, 3.63) is 0 Å². The maximum Gasteiger partial charge on any atom is 0.274 e. The van der Waals surface area contributed by atoms with Crippen molar-refractivity contribution in [2.75, 3.05) is 6.26 Å². The zero-order valence-corrected chi connectivity index (χ0v) is 8.62. The van der Waals surface area contributed by atoms with Gasteiger partial charge in [0.15, 0.2) is 0 Å². The highest BCUT2D eigenvalue weighted by atomic mass is 32.2. The molecule has 0 aromatic rings. The zero-order valence-electron chi connectivity index (χ0n) is 6.99. The van der Waals surface area contributed by atoms with Crippen LogP contribution in [0.2, 0.25) is 0 Å². The third kappa shape index (κ3) is 2.93. The minimum Gasteiger partial charge on any atom is -0.216 e. The molecule has 1 aliphatic rings. The first-order valence-electron chi connectivity index (χ1n) is 3.86. The zero-order chi connectivity index (χ0) is 9.19. The number of hydrogen-bond donors (Lipinski definition) is 2. The molecule has 0 spiro atoms. The van der Waals surface area contributed by atoms with Crippen molar-refractivity contribution in [3.63, 3.8) is 0 Å². The van der Waals surface area contributed by atoms with Gasteiger partial charge in [0, 0.05) is 11.3 Å². The topological polar surface area (TPSA) is 72.2 Å². The quantitative estimate of drug-likeness (QED) is 0.692. The molecule has 1 aliphatic carbocycles. The number of nitrogens with one attached hydrogen (secondary N) is 1. The third-order valence-electron chi connectivity index (χ3n) is 2.07. The molecule has 0 aliphatic heterocycles. The lowest BCUT2D eigenvalue weighted by Gasteiger charge is -2.16. The fourth-order valence-corrected chi connectivity index (χ4v) is 3.28. The molecule has 2 atom stereocenters. The molecule has 0 heterocycles. The summed E-state index contributed by atoms with van der Waals surface area (Å²) in [6.07, 6.45) is 5.06. The highest BCUT2D eigenvalue weighted by molar-refractivity contribution is 7.99. The van der Waals surface area contributed by atoms with Crippen LogP contribution < -0.4 is 9.86 Å². The first-order chi connectivity index (χ1) is 5.53. The van der Waals surface area contributed by atoms with Crippen LogP contribution in [0.5, 0.6) is 0 Å². The van der Waals surface area contributed by atoms with Crippen LogP contribution >= 0.6 is 11.8 Å². The van der Waals surface area contributed by atoms with Crippen molar-refractivity contribution in [3.8, 4) is 0 Å². The number of hydrogen-bond acceptors (Lipinski definition) is 3. The summed E-state index contributed by atoms with van der Waals surface area (Å²) >= 11 is 1.70. The van der Waals surface area contributed by atoms with E-state index in [0.717, 1.165) is 19.3 Å². The lowest BCUT2D eigenvalue weighted by molar-refractivity contribution is 0.557. The third-order valence-corrected chi connectivity index (χ3v) is 3.87. The van der Waals surface area contributed by atoms with E-state index in [0.29, 0.717) is 5.25 Å². The molecule has 1 rings (SSSR count). The number of rotatable bonds is 3. The lowest BCUT2D eigenvalue weighted by Crippen LogP contribution is -2.42. The van der Waals surface area contributed by atoms with Crippen molar-refractivity contribution in [1.29, 1.82) is 0 Å². The van der Waals surface area contributed by atoms with Crippen molar-refractivity contribution in [1.82, 2.24) is 4.72 Å². The summed E-state index contributed by atoms with van der Waals surface area (Å²) < 4.78 is 23.9. The van der Waals surface area contributed by atoms with Crippen molar-refractivity contribution < 1.29 is 8.42 Å². The van der Waals surface area contributed by atoms with Crippen LogP contribution in [0.3, 0.4) is 0 Å². The predicted octanol–water partition coefficient (Wildman–Crippen LogP) is 0.0636. The summed E-state index contributed by atoms with van der Waals surface area (Å²) in [6, 6.07) is 0.0370. The van der Waals surface area contributed by atoms with E-state index in [2.05, 4.69) is 4.72 Å². The molecule has 0 saturated heterocycles. The van der Waals surface area contributed by atoms with E-state index in [1.54, 1.807) is 11.8 Å². The van der Waals surface area contributed by atoms with Gasteiger partial charge in [0.25, 0.3) is 10.2 Å². The lowest BCUT2D eigenvalue weighted by atomic mass is 10.3. The van der Waals surface area contributed by atoms with E-state index in [9.17, 15) is 8.42 Å². The molecule has 72 valence electrons. The Morgan fingerprint density at radius 1 is 1.50 bits per heavy atom. The molecular weight excluding hydrogens is 196 g/mol. The summed E-state index contributed by atoms with van der Waals surface area (Å²) in [6.45, 7) is 0. The average molecular weight is 210 g/mol. The summed E-state index contributed by atoms with van der Waals surface area (Å²) in [4.78, 5) is 0. The van der Waals surface area contributed by atoms with Crippen molar-refractivity contribution >= 4 is 22.0 Å². The van der Waals surface area contributed by atoms with Crippen LogP contribution in [-0.4, -0.2) is 26.0 Å². The molecule has 2 unspecified atom stereocenters. The Morgan fingerprint density at radius 3 is 2.67 bits per heavy atom. The van der Waals surface area contributed by atoms with Crippen LogP contribution in [0.4, 0.5) is 0 Å². The molecule has 0 aromatic carbocycles. The van der Waals surface area contributed by atoms with Gasteiger partial charge in [0.1, 0.15) is 0 Å². The monoisotopic (exact) mass is 210 g/mol. The molecule has 1 fully saturated rings. The minimum atomic E-state index is -3.51. The smallest absolute Gasteiger partial charge is 0.216 e. The molecule has 1 saturated carbocycles. The summed E-state index contributed by atoms with van der Waals surface area (Å²) in [5.41, 5.74) is 0. The molecule has 6 heteroatoms. The number of thioether (sulfide) groups is 1. The van der Waals surface area contributed by atoms with Gasteiger partial charge >= 0.3 is 0 Å². The van der Waals surface area contributed by atoms with E-state index in [-0.39, 0.29) is 6.04 Å². The maximum atomic E-state index is 10.7. The van der Waals surface area contributed by atoms with E-state index >= 15 is 0 Å². The molecule has 3 N–H and O–H groups in total. The fourth-order valence-electron chi connectivity index (χ4n) is 1.55. The highest BCUT2D eigenvalue weighted by Crippen LogP contribution is 2.28. The average Bonchev–Trinajstić information content (AvgIpc) is 2.31. The van der Waals surface area contributed by atoms with Crippen molar-refractivity contribution in [2.45, 2.75) is 30.6 Å². The Morgan fingerprint density at radius 2 is 2.17 bits per heavy atom. The predicted molar refractivity (Wildman–Crippen MR) is 51.2 cm³/mol. The Bertz CT molecular complexity index is 240. The van der Waals surface area contributed by atoms with E-state index < -0.39 is 10.2 Å². The van der Waals surface area contributed by atoms with Gasteiger partial charge in [-0.2, -0.15) is 24.9 Å². The van der Waals surface area contributed by atoms with Crippen LogP contribution in [-0.2, 0) is 10.2 Å². The molecule has 0 radical (unpaired) electrons. The Hall–Kier alpha value is 0.220. The van der Waals surface area contributed by atoms with Crippen LogP contribution in [0.15, 0.2) is 0 Å². The minimum absolute atomic E-state index is 0.0370.